The molecule has 0 saturated carbocycles. The van der Waals surface area contributed by atoms with E-state index in [0.29, 0.717) is 17.1 Å². The van der Waals surface area contributed by atoms with E-state index in [0.717, 1.165) is 0 Å². The molecule has 5 heteroatoms. The van der Waals surface area contributed by atoms with Crippen molar-refractivity contribution in [1.29, 1.82) is 5.26 Å². The Morgan fingerprint density at radius 3 is 2.94 bits per heavy atom. The molecule has 1 aliphatic rings. The number of carbonyl (C=O) groups excluding carboxylic acids is 1. The van der Waals surface area contributed by atoms with E-state index in [-0.39, 0.29) is 12.7 Å². The van der Waals surface area contributed by atoms with Crippen LogP contribution in [0.25, 0.3) is 0 Å². The van der Waals surface area contributed by atoms with Crippen LogP contribution < -0.4 is 14.8 Å². The molecule has 1 amide bonds. The van der Waals surface area contributed by atoms with Crippen LogP contribution in [0.15, 0.2) is 18.2 Å². The molecule has 5 nitrogen and oxygen atoms in total. The number of hydrogen-bond donors (Lipinski definition) is 1. The van der Waals surface area contributed by atoms with Gasteiger partial charge in [0.25, 0.3) is 0 Å². The maximum atomic E-state index is 10.9. The Morgan fingerprint density at radius 1 is 1.50 bits per heavy atom. The SMILES string of the molecule is CC(=O)NC(C#N)c1ccc2c(c1)OCO2. The van der Waals surface area contributed by atoms with Crippen LogP contribution in [0.5, 0.6) is 11.5 Å². The first-order valence-electron chi connectivity index (χ1n) is 4.77. The molecule has 1 atom stereocenters. The van der Waals surface area contributed by atoms with Crippen LogP contribution in [0.4, 0.5) is 0 Å². The molecule has 1 N–H and O–H groups in total. The fourth-order valence-electron chi connectivity index (χ4n) is 1.49. The summed E-state index contributed by atoms with van der Waals surface area (Å²) in [5, 5.41) is 11.5. The summed E-state index contributed by atoms with van der Waals surface area (Å²) in [6.07, 6.45) is 0. The third kappa shape index (κ3) is 1.91. The lowest BCUT2D eigenvalue weighted by Crippen LogP contribution is -2.24. The quantitative estimate of drug-likeness (QED) is 0.807. The molecule has 0 radical (unpaired) electrons. The molecule has 1 unspecified atom stereocenters. The van der Waals surface area contributed by atoms with E-state index in [1.807, 2.05) is 6.07 Å². The number of benzene rings is 1. The number of nitrogens with zero attached hydrogens (tertiary/aromatic N) is 1. The maximum Gasteiger partial charge on any atom is 0.231 e. The second kappa shape index (κ2) is 4.11. The van der Waals surface area contributed by atoms with Crippen molar-refractivity contribution in [3.8, 4) is 17.6 Å². The zero-order chi connectivity index (χ0) is 11.5. The second-order valence-corrected chi connectivity index (χ2v) is 3.38. The van der Waals surface area contributed by atoms with Gasteiger partial charge in [0.1, 0.15) is 6.04 Å². The van der Waals surface area contributed by atoms with Gasteiger partial charge in [0.05, 0.1) is 6.07 Å². The van der Waals surface area contributed by atoms with E-state index < -0.39 is 6.04 Å². The van der Waals surface area contributed by atoms with Crippen LogP contribution in [-0.2, 0) is 4.79 Å². The van der Waals surface area contributed by atoms with Crippen LogP contribution >= 0.6 is 0 Å². The van der Waals surface area contributed by atoms with Crippen LogP contribution in [0, 0.1) is 11.3 Å². The topological polar surface area (TPSA) is 71.4 Å². The van der Waals surface area contributed by atoms with Gasteiger partial charge >= 0.3 is 0 Å². The Morgan fingerprint density at radius 2 is 2.25 bits per heavy atom. The molecule has 0 fully saturated rings. The first kappa shape index (κ1) is 10.3. The van der Waals surface area contributed by atoms with Gasteiger partial charge in [0.15, 0.2) is 11.5 Å². The van der Waals surface area contributed by atoms with Gasteiger partial charge in [-0.25, -0.2) is 0 Å². The standard InChI is InChI=1S/C11H10N2O3/c1-7(14)13-9(5-12)8-2-3-10-11(4-8)16-6-15-10/h2-4,9H,6H2,1H3,(H,13,14). The Balaban J connectivity index is 2.26. The van der Waals surface area contributed by atoms with E-state index in [4.69, 9.17) is 14.7 Å². The number of nitriles is 1. The molecular weight excluding hydrogens is 208 g/mol. The normalized spacial score (nSPS) is 14.0. The van der Waals surface area contributed by atoms with Crippen LogP contribution in [0.3, 0.4) is 0 Å². The average Bonchev–Trinajstić information content (AvgIpc) is 2.72. The lowest BCUT2D eigenvalue weighted by Gasteiger charge is -2.10. The molecule has 1 heterocycles. The third-order valence-electron chi connectivity index (χ3n) is 2.21. The number of fused-ring (bicyclic) bond motifs is 1. The summed E-state index contributed by atoms with van der Waals surface area (Å²) in [6, 6.07) is 6.51. The number of hydrogen-bond acceptors (Lipinski definition) is 4. The summed E-state index contributed by atoms with van der Waals surface area (Å²) >= 11 is 0. The third-order valence-corrected chi connectivity index (χ3v) is 2.21. The highest BCUT2D eigenvalue weighted by Crippen LogP contribution is 2.34. The van der Waals surface area contributed by atoms with Crippen molar-refractivity contribution < 1.29 is 14.3 Å². The Kier molecular flexibility index (Phi) is 2.64. The van der Waals surface area contributed by atoms with Gasteiger partial charge in [-0.05, 0) is 17.7 Å². The molecule has 0 bridgehead atoms. The van der Waals surface area contributed by atoms with E-state index in [2.05, 4.69) is 5.32 Å². The summed E-state index contributed by atoms with van der Waals surface area (Å²) < 4.78 is 10.3. The van der Waals surface area contributed by atoms with Crippen molar-refractivity contribution in [2.24, 2.45) is 0 Å². The predicted molar refractivity (Wildman–Crippen MR) is 54.7 cm³/mol. The fourth-order valence-corrected chi connectivity index (χ4v) is 1.49. The minimum Gasteiger partial charge on any atom is -0.454 e. The molecule has 1 aromatic carbocycles. The number of amides is 1. The summed E-state index contributed by atoms with van der Waals surface area (Å²) in [4.78, 5) is 10.9. The van der Waals surface area contributed by atoms with Crippen LogP contribution in [0.1, 0.15) is 18.5 Å². The van der Waals surface area contributed by atoms with E-state index in [1.54, 1.807) is 18.2 Å². The highest BCUT2D eigenvalue weighted by atomic mass is 16.7. The first-order valence-corrected chi connectivity index (χ1v) is 4.77. The van der Waals surface area contributed by atoms with E-state index in [9.17, 15) is 4.79 Å². The molecule has 0 saturated heterocycles. The minimum absolute atomic E-state index is 0.191. The minimum atomic E-state index is -0.660. The molecule has 1 aliphatic heterocycles. The monoisotopic (exact) mass is 218 g/mol. The number of carbonyl (C=O) groups is 1. The molecule has 16 heavy (non-hydrogen) atoms. The van der Waals surface area contributed by atoms with Crippen molar-refractivity contribution in [2.75, 3.05) is 6.79 Å². The van der Waals surface area contributed by atoms with Gasteiger partial charge in [0.2, 0.25) is 12.7 Å². The maximum absolute atomic E-state index is 10.9. The van der Waals surface area contributed by atoms with Crippen molar-refractivity contribution in [1.82, 2.24) is 5.32 Å². The molecule has 2 rings (SSSR count). The summed E-state index contributed by atoms with van der Waals surface area (Å²) in [6.45, 7) is 1.56. The van der Waals surface area contributed by atoms with Gasteiger partial charge < -0.3 is 14.8 Å². The molecule has 82 valence electrons. The van der Waals surface area contributed by atoms with Gasteiger partial charge in [-0.2, -0.15) is 5.26 Å². The predicted octanol–water partition coefficient (Wildman–Crippen LogP) is 1.12. The van der Waals surface area contributed by atoms with Crippen molar-refractivity contribution >= 4 is 5.91 Å². The zero-order valence-electron chi connectivity index (χ0n) is 8.69. The van der Waals surface area contributed by atoms with Gasteiger partial charge in [-0.1, -0.05) is 6.07 Å². The highest BCUT2D eigenvalue weighted by molar-refractivity contribution is 5.74. The first-order chi connectivity index (χ1) is 7.70. The van der Waals surface area contributed by atoms with Crippen molar-refractivity contribution in [3.05, 3.63) is 23.8 Å². The Bertz CT molecular complexity index is 465. The van der Waals surface area contributed by atoms with Crippen molar-refractivity contribution in [2.45, 2.75) is 13.0 Å². The van der Waals surface area contributed by atoms with Gasteiger partial charge in [0, 0.05) is 6.92 Å². The lowest BCUT2D eigenvalue weighted by molar-refractivity contribution is -0.119. The van der Waals surface area contributed by atoms with E-state index >= 15 is 0 Å². The Labute approximate surface area is 92.6 Å². The molecule has 1 aromatic rings. The Hall–Kier alpha value is -2.22. The van der Waals surface area contributed by atoms with Crippen LogP contribution in [0.2, 0.25) is 0 Å². The molecular formula is C11H10N2O3. The molecule has 0 spiro atoms. The zero-order valence-corrected chi connectivity index (χ0v) is 8.69. The van der Waals surface area contributed by atoms with Crippen LogP contribution in [-0.4, -0.2) is 12.7 Å². The number of ether oxygens (including phenoxy) is 2. The highest BCUT2D eigenvalue weighted by Gasteiger charge is 2.18. The van der Waals surface area contributed by atoms with Gasteiger partial charge in [-0.3, -0.25) is 4.79 Å². The average molecular weight is 218 g/mol. The largest absolute Gasteiger partial charge is 0.454 e. The fraction of sp³-hybridized carbons (Fsp3) is 0.273. The van der Waals surface area contributed by atoms with Crippen molar-refractivity contribution in [3.63, 3.8) is 0 Å². The lowest BCUT2D eigenvalue weighted by atomic mass is 10.1. The van der Waals surface area contributed by atoms with E-state index in [1.165, 1.54) is 6.92 Å². The summed E-state index contributed by atoms with van der Waals surface area (Å²) in [5.41, 5.74) is 0.682. The summed E-state index contributed by atoms with van der Waals surface area (Å²) in [7, 11) is 0. The second-order valence-electron chi connectivity index (χ2n) is 3.38. The number of nitrogens with one attached hydrogen (secondary N) is 1. The van der Waals surface area contributed by atoms with Gasteiger partial charge in [-0.15, -0.1) is 0 Å². The number of rotatable bonds is 2. The molecule has 0 aromatic heterocycles. The molecule has 0 aliphatic carbocycles. The summed E-state index contributed by atoms with van der Waals surface area (Å²) in [5.74, 6) is 1.01. The smallest absolute Gasteiger partial charge is 0.231 e.